The van der Waals surface area contributed by atoms with Crippen molar-refractivity contribution in [3.8, 4) is 0 Å². The summed E-state index contributed by atoms with van der Waals surface area (Å²) in [6, 6.07) is 4.67. The second kappa shape index (κ2) is 5.59. The van der Waals surface area contributed by atoms with Gasteiger partial charge in [0.2, 0.25) is 10.0 Å². The van der Waals surface area contributed by atoms with E-state index in [9.17, 15) is 8.42 Å². The van der Waals surface area contributed by atoms with Gasteiger partial charge in [0.05, 0.1) is 4.90 Å². The molecule has 0 fully saturated rings. The summed E-state index contributed by atoms with van der Waals surface area (Å²) in [4.78, 5) is 0.196. The molecule has 3 N–H and O–H groups in total. The van der Waals surface area contributed by atoms with Crippen molar-refractivity contribution in [3.05, 3.63) is 27.1 Å². The zero-order chi connectivity index (χ0) is 12.3. The minimum absolute atomic E-state index is 0.196. The van der Waals surface area contributed by atoms with Crippen molar-refractivity contribution in [2.45, 2.75) is 17.9 Å². The van der Waals surface area contributed by atoms with E-state index in [1.54, 1.807) is 19.1 Å². The minimum atomic E-state index is -3.53. The fourth-order valence-corrected chi connectivity index (χ4v) is 3.82. The van der Waals surface area contributed by atoms with E-state index >= 15 is 0 Å². The number of halogens is 2. The van der Waals surface area contributed by atoms with E-state index in [-0.39, 0.29) is 17.5 Å². The van der Waals surface area contributed by atoms with Gasteiger partial charge in [-0.1, -0.05) is 15.9 Å². The van der Waals surface area contributed by atoms with E-state index in [1.165, 1.54) is 6.07 Å². The van der Waals surface area contributed by atoms with Crippen molar-refractivity contribution in [2.75, 3.05) is 6.54 Å². The number of benzene rings is 1. The smallest absolute Gasteiger partial charge is 0.242 e. The quantitative estimate of drug-likeness (QED) is 0.848. The minimum Gasteiger partial charge on any atom is -0.329 e. The average molecular weight is 372 g/mol. The highest BCUT2D eigenvalue weighted by atomic mass is 79.9. The van der Waals surface area contributed by atoms with Gasteiger partial charge in [-0.05, 0) is 41.1 Å². The molecule has 0 aliphatic rings. The van der Waals surface area contributed by atoms with Gasteiger partial charge in [0.1, 0.15) is 0 Å². The van der Waals surface area contributed by atoms with E-state index in [4.69, 9.17) is 5.73 Å². The maximum Gasteiger partial charge on any atom is 0.242 e. The van der Waals surface area contributed by atoms with Crippen LogP contribution in [-0.2, 0) is 10.0 Å². The van der Waals surface area contributed by atoms with Crippen molar-refractivity contribution in [3.63, 3.8) is 0 Å². The summed E-state index contributed by atoms with van der Waals surface area (Å²) in [5.41, 5.74) is 5.38. The summed E-state index contributed by atoms with van der Waals surface area (Å²) < 4.78 is 27.6. The first-order valence-corrected chi connectivity index (χ1v) is 7.61. The lowest BCUT2D eigenvalue weighted by Crippen LogP contribution is -2.37. The maximum atomic E-state index is 12.0. The van der Waals surface area contributed by atoms with Crippen LogP contribution in [0.5, 0.6) is 0 Å². The average Bonchev–Trinajstić information content (AvgIpc) is 2.20. The number of rotatable bonds is 4. The van der Waals surface area contributed by atoms with Gasteiger partial charge in [-0.25, -0.2) is 13.1 Å². The van der Waals surface area contributed by atoms with Crippen molar-refractivity contribution in [2.24, 2.45) is 5.73 Å². The molecule has 0 heterocycles. The molecule has 1 aromatic carbocycles. The predicted molar refractivity (Wildman–Crippen MR) is 70.7 cm³/mol. The van der Waals surface area contributed by atoms with E-state index in [0.717, 1.165) is 0 Å². The van der Waals surface area contributed by atoms with Crippen LogP contribution in [0.15, 0.2) is 32.0 Å². The van der Waals surface area contributed by atoms with Gasteiger partial charge >= 0.3 is 0 Å². The van der Waals surface area contributed by atoms with Gasteiger partial charge < -0.3 is 5.73 Å². The van der Waals surface area contributed by atoms with Crippen molar-refractivity contribution >= 4 is 41.9 Å². The fourth-order valence-electron chi connectivity index (χ4n) is 1.06. The van der Waals surface area contributed by atoms with Crippen LogP contribution in [0.1, 0.15) is 6.92 Å². The van der Waals surface area contributed by atoms with Crippen LogP contribution >= 0.6 is 31.9 Å². The van der Waals surface area contributed by atoms with E-state index < -0.39 is 10.0 Å². The molecule has 0 amide bonds. The van der Waals surface area contributed by atoms with Crippen molar-refractivity contribution in [1.29, 1.82) is 0 Å². The normalized spacial score (nSPS) is 13.8. The number of nitrogens with two attached hydrogens (primary N) is 1. The molecule has 0 radical (unpaired) electrons. The third-order valence-corrected chi connectivity index (χ3v) is 4.97. The summed E-state index contributed by atoms with van der Waals surface area (Å²) in [6.45, 7) is 1.97. The lowest BCUT2D eigenvalue weighted by molar-refractivity contribution is 0.562. The Bertz CT molecular complexity index is 476. The Hall–Kier alpha value is 0.0500. The molecule has 0 spiro atoms. The molecule has 0 aliphatic carbocycles. The molecule has 0 bridgehead atoms. The first kappa shape index (κ1) is 14.1. The lowest BCUT2D eigenvalue weighted by atomic mass is 10.4. The number of hydrogen-bond acceptors (Lipinski definition) is 3. The molecule has 1 atom stereocenters. The van der Waals surface area contributed by atoms with Gasteiger partial charge in [-0.2, -0.15) is 0 Å². The Morgan fingerprint density at radius 1 is 1.44 bits per heavy atom. The van der Waals surface area contributed by atoms with Crippen LogP contribution in [0.4, 0.5) is 0 Å². The molecule has 1 unspecified atom stereocenters. The van der Waals surface area contributed by atoms with Crippen LogP contribution in [0.2, 0.25) is 0 Å². The maximum absolute atomic E-state index is 12.0. The molecule has 1 rings (SSSR count). The summed E-state index contributed by atoms with van der Waals surface area (Å²) in [7, 11) is -3.53. The molecular weight excluding hydrogens is 360 g/mol. The van der Waals surface area contributed by atoms with Gasteiger partial charge in [0, 0.05) is 21.5 Å². The Labute approximate surface area is 112 Å². The lowest BCUT2D eigenvalue weighted by Gasteiger charge is -2.13. The van der Waals surface area contributed by atoms with Crippen LogP contribution in [0.25, 0.3) is 0 Å². The highest BCUT2D eigenvalue weighted by Gasteiger charge is 2.19. The molecule has 0 aromatic heterocycles. The molecule has 0 aliphatic heterocycles. The molecule has 7 heteroatoms. The fraction of sp³-hybridized carbons (Fsp3) is 0.333. The second-order valence-electron chi connectivity index (χ2n) is 3.33. The third-order valence-electron chi connectivity index (χ3n) is 1.89. The molecule has 0 saturated carbocycles. The summed E-state index contributed by atoms with van der Waals surface area (Å²) in [5.74, 6) is 0. The first-order chi connectivity index (χ1) is 7.36. The van der Waals surface area contributed by atoms with Crippen LogP contribution in [0, 0.1) is 0 Å². The predicted octanol–water partition coefficient (Wildman–Crippen LogP) is 1.84. The largest absolute Gasteiger partial charge is 0.329 e. The van der Waals surface area contributed by atoms with Crippen molar-refractivity contribution < 1.29 is 8.42 Å². The van der Waals surface area contributed by atoms with Gasteiger partial charge in [0.25, 0.3) is 0 Å². The van der Waals surface area contributed by atoms with E-state index in [2.05, 4.69) is 36.6 Å². The highest BCUT2D eigenvalue weighted by Crippen LogP contribution is 2.25. The number of hydrogen-bond donors (Lipinski definition) is 2. The van der Waals surface area contributed by atoms with E-state index in [0.29, 0.717) is 8.95 Å². The summed E-state index contributed by atoms with van der Waals surface area (Å²) in [5, 5.41) is 0. The molecular formula is C9H12Br2N2O2S. The van der Waals surface area contributed by atoms with Gasteiger partial charge in [-0.3, -0.25) is 0 Å². The number of nitrogens with one attached hydrogen (secondary N) is 1. The zero-order valence-electron chi connectivity index (χ0n) is 8.57. The Balaban J connectivity index is 3.12. The highest BCUT2D eigenvalue weighted by molar-refractivity contribution is 9.11. The van der Waals surface area contributed by atoms with Crippen molar-refractivity contribution in [1.82, 2.24) is 4.72 Å². The zero-order valence-corrected chi connectivity index (χ0v) is 12.6. The Morgan fingerprint density at radius 2 is 2.06 bits per heavy atom. The first-order valence-electron chi connectivity index (χ1n) is 4.54. The molecule has 0 saturated heterocycles. The summed E-state index contributed by atoms with van der Waals surface area (Å²) >= 11 is 6.44. The van der Waals surface area contributed by atoms with Gasteiger partial charge in [0.15, 0.2) is 0 Å². The monoisotopic (exact) mass is 370 g/mol. The van der Waals surface area contributed by atoms with Crippen LogP contribution < -0.4 is 10.5 Å². The Morgan fingerprint density at radius 3 is 2.62 bits per heavy atom. The van der Waals surface area contributed by atoms with Gasteiger partial charge in [-0.15, -0.1) is 0 Å². The Kier molecular flexibility index (Phi) is 4.93. The van der Waals surface area contributed by atoms with Crippen LogP contribution in [0.3, 0.4) is 0 Å². The summed E-state index contributed by atoms with van der Waals surface area (Å²) in [6.07, 6.45) is 0. The standard InChI is InChI=1S/C9H12Br2N2O2S/c1-6(5-12)13-16(14,15)9-4-7(10)2-3-8(9)11/h2-4,6,13H,5,12H2,1H3. The SMILES string of the molecule is CC(CN)NS(=O)(=O)c1cc(Br)ccc1Br. The molecule has 16 heavy (non-hydrogen) atoms. The second-order valence-corrected chi connectivity index (χ2v) is 6.79. The third kappa shape index (κ3) is 3.53. The van der Waals surface area contributed by atoms with Crippen LogP contribution in [-0.4, -0.2) is 21.0 Å². The molecule has 90 valence electrons. The molecule has 4 nitrogen and oxygen atoms in total. The molecule has 1 aromatic rings. The topological polar surface area (TPSA) is 72.2 Å². The number of sulfonamides is 1. The van der Waals surface area contributed by atoms with E-state index in [1.807, 2.05) is 0 Å².